The molecule has 5 nitrogen and oxygen atoms in total. The highest BCUT2D eigenvalue weighted by Crippen LogP contribution is 2.12. The van der Waals surface area contributed by atoms with Crippen LogP contribution in [0.5, 0.6) is 0 Å². The Bertz CT molecular complexity index is 474. The molecule has 1 saturated heterocycles. The topological polar surface area (TPSA) is 78.9 Å². The van der Waals surface area contributed by atoms with Gasteiger partial charge in [-0.3, -0.25) is 4.79 Å². The molecule has 1 heterocycles. The van der Waals surface area contributed by atoms with E-state index in [-0.39, 0.29) is 11.7 Å². The molecule has 0 aliphatic carbocycles. The maximum absolute atomic E-state index is 12.2. The fourth-order valence-electron chi connectivity index (χ4n) is 2.46. The molecule has 5 heteroatoms. The molecule has 2 rings (SSSR count). The standard InChI is InChI=1S/C15H21N3O2/c16-15(17-20)13-7-5-12(6-8-13)11-14(19)18-9-3-1-2-4-10-18/h5-8,20H,1-4,9-11H2,(H2,16,17). The van der Waals surface area contributed by atoms with Crippen LogP contribution in [0.4, 0.5) is 0 Å². The molecule has 20 heavy (non-hydrogen) atoms. The Hall–Kier alpha value is -2.04. The zero-order valence-electron chi connectivity index (χ0n) is 11.6. The summed E-state index contributed by atoms with van der Waals surface area (Å²) in [7, 11) is 0. The minimum atomic E-state index is 0.0791. The van der Waals surface area contributed by atoms with E-state index in [9.17, 15) is 4.79 Å². The molecule has 0 aromatic heterocycles. The van der Waals surface area contributed by atoms with E-state index >= 15 is 0 Å². The van der Waals surface area contributed by atoms with Gasteiger partial charge in [0.1, 0.15) is 0 Å². The van der Waals surface area contributed by atoms with Crippen LogP contribution in [0.2, 0.25) is 0 Å². The van der Waals surface area contributed by atoms with Crippen LogP contribution in [-0.4, -0.2) is 34.9 Å². The zero-order chi connectivity index (χ0) is 14.4. The number of oxime groups is 1. The van der Waals surface area contributed by atoms with Gasteiger partial charge < -0.3 is 15.8 Å². The highest BCUT2D eigenvalue weighted by Gasteiger charge is 2.15. The van der Waals surface area contributed by atoms with Crippen molar-refractivity contribution in [3.63, 3.8) is 0 Å². The van der Waals surface area contributed by atoms with E-state index in [1.54, 1.807) is 12.1 Å². The van der Waals surface area contributed by atoms with Gasteiger partial charge >= 0.3 is 0 Å². The molecule has 0 atom stereocenters. The Labute approximate surface area is 119 Å². The molecule has 1 amide bonds. The normalized spacial score (nSPS) is 16.8. The van der Waals surface area contributed by atoms with E-state index in [1.807, 2.05) is 17.0 Å². The lowest BCUT2D eigenvalue weighted by molar-refractivity contribution is -0.130. The minimum absolute atomic E-state index is 0.0791. The third-order valence-corrected chi connectivity index (χ3v) is 3.67. The summed E-state index contributed by atoms with van der Waals surface area (Å²) in [5.74, 6) is 0.263. The monoisotopic (exact) mass is 275 g/mol. The first-order chi connectivity index (χ1) is 9.70. The summed E-state index contributed by atoms with van der Waals surface area (Å²) in [5, 5.41) is 11.6. The van der Waals surface area contributed by atoms with Gasteiger partial charge in [0.05, 0.1) is 6.42 Å². The Balaban J connectivity index is 1.97. The number of benzene rings is 1. The van der Waals surface area contributed by atoms with E-state index in [2.05, 4.69) is 5.16 Å². The third kappa shape index (κ3) is 3.73. The van der Waals surface area contributed by atoms with Gasteiger partial charge in [-0.15, -0.1) is 0 Å². The molecule has 0 saturated carbocycles. The maximum atomic E-state index is 12.2. The summed E-state index contributed by atoms with van der Waals surface area (Å²) >= 11 is 0. The van der Waals surface area contributed by atoms with Crippen LogP contribution in [0, 0.1) is 0 Å². The van der Waals surface area contributed by atoms with Gasteiger partial charge in [-0.1, -0.05) is 42.3 Å². The lowest BCUT2D eigenvalue weighted by Crippen LogP contribution is -2.33. The van der Waals surface area contributed by atoms with Crippen LogP contribution in [-0.2, 0) is 11.2 Å². The Kier molecular flexibility index (Phi) is 4.98. The van der Waals surface area contributed by atoms with E-state index in [1.165, 1.54) is 12.8 Å². The molecule has 1 aromatic rings. The van der Waals surface area contributed by atoms with E-state index in [0.717, 1.165) is 31.5 Å². The number of nitrogens with zero attached hydrogens (tertiary/aromatic N) is 2. The lowest BCUT2D eigenvalue weighted by Gasteiger charge is -2.20. The van der Waals surface area contributed by atoms with Crippen LogP contribution in [0.1, 0.15) is 36.8 Å². The van der Waals surface area contributed by atoms with Crippen molar-refractivity contribution in [3.8, 4) is 0 Å². The SMILES string of the molecule is NC(=NO)c1ccc(CC(=O)N2CCCCCC2)cc1. The molecule has 0 bridgehead atoms. The first-order valence-electron chi connectivity index (χ1n) is 7.05. The number of carbonyl (C=O) groups is 1. The van der Waals surface area contributed by atoms with E-state index in [4.69, 9.17) is 10.9 Å². The fraction of sp³-hybridized carbons (Fsp3) is 0.467. The first kappa shape index (κ1) is 14.4. The Morgan fingerprint density at radius 1 is 1.15 bits per heavy atom. The van der Waals surface area contributed by atoms with Crippen molar-refractivity contribution >= 4 is 11.7 Å². The van der Waals surface area contributed by atoms with Crippen LogP contribution in [0.25, 0.3) is 0 Å². The number of nitrogens with two attached hydrogens (primary N) is 1. The Morgan fingerprint density at radius 2 is 1.75 bits per heavy atom. The van der Waals surface area contributed by atoms with Gasteiger partial charge in [0.15, 0.2) is 5.84 Å². The molecule has 3 N–H and O–H groups in total. The second-order valence-corrected chi connectivity index (χ2v) is 5.15. The minimum Gasteiger partial charge on any atom is -0.409 e. The average molecular weight is 275 g/mol. The van der Waals surface area contributed by atoms with Crippen molar-refractivity contribution in [2.75, 3.05) is 13.1 Å². The molecule has 0 spiro atoms. The molecular formula is C15H21N3O2. The van der Waals surface area contributed by atoms with Gasteiger partial charge in [-0.2, -0.15) is 0 Å². The second kappa shape index (κ2) is 6.93. The summed E-state index contributed by atoms with van der Waals surface area (Å²) in [6, 6.07) is 7.23. The first-order valence-corrected chi connectivity index (χ1v) is 7.05. The number of hydrogen-bond acceptors (Lipinski definition) is 3. The molecular weight excluding hydrogens is 254 g/mol. The molecule has 1 aromatic carbocycles. The smallest absolute Gasteiger partial charge is 0.226 e. The predicted molar refractivity (Wildman–Crippen MR) is 77.7 cm³/mol. The van der Waals surface area contributed by atoms with Crippen LogP contribution >= 0.6 is 0 Å². The predicted octanol–water partition coefficient (Wildman–Crippen LogP) is 1.73. The van der Waals surface area contributed by atoms with Crippen molar-refractivity contribution in [2.24, 2.45) is 10.9 Å². The number of hydrogen-bond donors (Lipinski definition) is 2. The molecule has 1 aliphatic rings. The van der Waals surface area contributed by atoms with Gasteiger partial charge in [-0.05, 0) is 18.4 Å². The summed E-state index contributed by atoms with van der Waals surface area (Å²) in [6.07, 6.45) is 5.06. The van der Waals surface area contributed by atoms with Crippen molar-refractivity contribution in [2.45, 2.75) is 32.1 Å². The van der Waals surface area contributed by atoms with E-state index in [0.29, 0.717) is 12.0 Å². The summed E-state index contributed by atoms with van der Waals surface area (Å²) in [4.78, 5) is 14.2. The van der Waals surface area contributed by atoms with Crippen molar-refractivity contribution in [1.29, 1.82) is 0 Å². The van der Waals surface area contributed by atoms with Crippen molar-refractivity contribution in [1.82, 2.24) is 4.90 Å². The second-order valence-electron chi connectivity index (χ2n) is 5.15. The number of amidine groups is 1. The molecule has 0 unspecified atom stereocenters. The molecule has 1 fully saturated rings. The molecule has 0 radical (unpaired) electrons. The molecule has 1 aliphatic heterocycles. The Morgan fingerprint density at radius 3 is 2.30 bits per heavy atom. The van der Waals surface area contributed by atoms with Gasteiger partial charge in [0.25, 0.3) is 0 Å². The summed E-state index contributed by atoms with van der Waals surface area (Å²) in [6.45, 7) is 1.75. The van der Waals surface area contributed by atoms with Crippen LogP contribution in [0.3, 0.4) is 0 Å². The van der Waals surface area contributed by atoms with Crippen LogP contribution in [0.15, 0.2) is 29.4 Å². The van der Waals surface area contributed by atoms with Crippen LogP contribution < -0.4 is 5.73 Å². The average Bonchev–Trinajstić information content (AvgIpc) is 2.76. The van der Waals surface area contributed by atoms with Gasteiger partial charge in [0.2, 0.25) is 5.91 Å². The summed E-state index contributed by atoms with van der Waals surface area (Å²) in [5.41, 5.74) is 7.11. The number of rotatable bonds is 3. The van der Waals surface area contributed by atoms with Crippen molar-refractivity contribution in [3.05, 3.63) is 35.4 Å². The van der Waals surface area contributed by atoms with Gasteiger partial charge in [0, 0.05) is 18.7 Å². The maximum Gasteiger partial charge on any atom is 0.226 e. The van der Waals surface area contributed by atoms with Crippen molar-refractivity contribution < 1.29 is 10.0 Å². The number of likely N-dealkylation sites (tertiary alicyclic amines) is 1. The number of carbonyl (C=O) groups excluding carboxylic acids is 1. The highest BCUT2D eigenvalue weighted by molar-refractivity contribution is 5.97. The lowest BCUT2D eigenvalue weighted by atomic mass is 10.1. The van der Waals surface area contributed by atoms with Gasteiger partial charge in [-0.25, -0.2) is 0 Å². The third-order valence-electron chi connectivity index (χ3n) is 3.67. The fourth-order valence-corrected chi connectivity index (χ4v) is 2.46. The quantitative estimate of drug-likeness (QED) is 0.381. The highest BCUT2D eigenvalue weighted by atomic mass is 16.4. The number of amides is 1. The summed E-state index contributed by atoms with van der Waals surface area (Å²) < 4.78 is 0. The largest absolute Gasteiger partial charge is 0.409 e. The zero-order valence-corrected chi connectivity index (χ0v) is 11.6. The van der Waals surface area contributed by atoms with E-state index < -0.39 is 0 Å². The molecule has 108 valence electrons.